The predicted octanol–water partition coefficient (Wildman–Crippen LogP) is 4.05. The Balaban J connectivity index is 2.21. The first kappa shape index (κ1) is 17.4. The maximum atomic E-state index is 12.8. The average Bonchev–Trinajstić information content (AvgIpc) is 2.52. The molecule has 0 saturated carbocycles. The Kier molecular flexibility index (Phi) is 5.32. The number of anilines is 1. The van der Waals surface area contributed by atoms with Crippen molar-refractivity contribution >= 4 is 35.3 Å². The largest absolute Gasteiger partial charge is 0.464 e. The Morgan fingerprint density at radius 3 is 2.65 bits per heavy atom. The molecule has 1 aromatic heterocycles. The number of methoxy groups -OCH3 is 1. The van der Waals surface area contributed by atoms with Gasteiger partial charge < -0.3 is 9.46 Å². The SMILES string of the molecule is COC(=O)c1nccnc1NSc1ccc(Cl)c(C(F)(F)F)c1. The van der Waals surface area contributed by atoms with Crippen LogP contribution in [0.1, 0.15) is 16.1 Å². The number of ether oxygens (including phenoxy) is 1. The molecule has 0 amide bonds. The van der Waals surface area contributed by atoms with Crippen molar-refractivity contribution in [3.05, 3.63) is 46.9 Å². The topological polar surface area (TPSA) is 64.1 Å². The highest BCUT2D eigenvalue weighted by Gasteiger charge is 2.33. The van der Waals surface area contributed by atoms with Gasteiger partial charge in [-0.15, -0.1) is 0 Å². The summed E-state index contributed by atoms with van der Waals surface area (Å²) >= 11 is 6.39. The second-order valence-electron chi connectivity index (χ2n) is 4.09. The predicted molar refractivity (Wildman–Crippen MR) is 79.3 cm³/mol. The zero-order chi connectivity index (χ0) is 17.0. The Morgan fingerprint density at radius 1 is 1.30 bits per heavy atom. The summed E-state index contributed by atoms with van der Waals surface area (Å²) in [4.78, 5) is 19.5. The molecule has 10 heteroatoms. The fourth-order valence-corrected chi connectivity index (χ4v) is 2.45. The molecular weight excluding hydrogens is 355 g/mol. The number of aromatic nitrogens is 2. The molecule has 0 radical (unpaired) electrons. The van der Waals surface area contributed by atoms with Crippen molar-refractivity contribution in [2.24, 2.45) is 0 Å². The zero-order valence-electron chi connectivity index (χ0n) is 11.5. The van der Waals surface area contributed by atoms with Gasteiger partial charge in [-0.1, -0.05) is 11.6 Å². The van der Waals surface area contributed by atoms with Crippen molar-refractivity contribution in [1.29, 1.82) is 0 Å². The molecule has 122 valence electrons. The van der Waals surface area contributed by atoms with Crippen molar-refractivity contribution < 1.29 is 22.7 Å². The number of benzene rings is 1. The first-order valence-electron chi connectivity index (χ1n) is 6.02. The van der Waals surface area contributed by atoms with Gasteiger partial charge in [0.1, 0.15) is 0 Å². The van der Waals surface area contributed by atoms with Gasteiger partial charge >= 0.3 is 12.1 Å². The highest BCUT2D eigenvalue weighted by molar-refractivity contribution is 8.00. The van der Waals surface area contributed by atoms with E-state index in [1.165, 1.54) is 25.6 Å². The lowest BCUT2D eigenvalue weighted by Gasteiger charge is -2.11. The number of halogens is 4. The molecule has 1 heterocycles. The third kappa shape index (κ3) is 4.26. The van der Waals surface area contributed by atoms with Crippen LogP contribution in [0.2, 0.25) is 5.02 Å². The first-order valence-corrected chi connectivity index (χ1v) is 7.21. The number of hydrogen-bond acceptors (Lipinski definition) is 6. The molecule has 0 fully saturated rings. The summed E-state index contributed by atoms with van der Waals surface area (Å²) < 4.78 is 45.7. The number of hydrogen-bond donors (Lipinski definition) is 1. The van der Waals surface area contributed by atoms with Gasteiger partial charge in [0.05, 0.1) is 17.7 Å². The van der Waals surface area contributed by atoms with Gasteiger partial charge in [-0.25, -0.2) is 14.8 Å². The molecule has 1 aromatic carbocycles. The van der Waals surface area contributed by atoms with E-state index in [9.17, 15) is 18.0 Å². The number of esters is 1. The number of carbonyl (C=O) groups excluding carboxylic acids is 1. The van der Waals surface area contributed by atoms with E-state index in [2.05, 4.69) is 19.4 Å². The Labute approximate surface area is 138 Å². The second-order valence-corrected chi connectivity index (χ2v) is 5.38. The number of carbonyl (C=O) groups is 1. The third-order valence-electron chi connectivity index (χ3n) is 2.59. The summed E-state index contributed by atoms with van der Waals surface area (Å²) in [5, 5.41) is -0.392. The highest BCUT2D eigenvalue weighted by atomic mass is 35.5. The average molecular weight is 364 g/mol. The summed E-state index contributed by atoms with van der Waals surface area (Å²) in [5.41, 5.74) is -1.02. The van der Waals surface area contributed by atoms with E-state index < -0.39 is 22.7 Å². The number of nitrogens with one attached hydrogen (secondary N) is 1. The Hall–Kier alpha value is -2.00. The van der Waals surface area contributed by atoms with Crippen LogP contribution in [-0.2, 0) is 10.9 Å². The third-order valence-corrected chi connectivity index (χ3v) is 3.70. The molecule has 2 aromatic rings. The van der Waals surface area contributed by atoms with Crippen molar-refractivity contribution in [3.8, 4) is 0 Å². The molecule has 0 aliphatic heterocycles. The van der Waals surface area contributed by atoms with Gasteiger partial charge in [-0.05, 0) is 30.1 Å². The lowest BCUT2D eigenvalue weighted by Crippen LogP contribution is -2.09. The van der Waals surface area contributed by atoms with Crippen LogP contribution in [0.3, 0.4) is 0 Å². The Morgan fingerprint density at radius 2 is 2.00 bits per heavy atom. The molecule has 0 unspecified atom stereocenters. The van der Waals surface area contributed by atoms with E-state index in [1.807, 2.05) is 0 Å². The zero-order valence-corrected chi connectivity index (χ0v) is 13.1. The lowest BCUT2D eigenvalue weighted by molar-refractivity contribution is -0.137. The van der Waals surface area contributed by atoms with Gasteiger partial charge in [-0.3, -0.25) is 0 Å². The van der Waals surface area contributed by atoms with E-state index in [0.29, 0.717) is 0 Å². The van der Waals surface area contributed by atoms with Crippen LogP contribution in [0.25, 0.3) is 0 Å². The summed E-state index contributed by atoms with van der Waals surface area (Å²) in [5.74, 6) is -0.638. The first-order chi connectivity index (χ1) is 10.8. The fourth-order valence-electron chi connectivity index (χ4n) is 1.55. The minimum Gasteiger partial charge on any atom is -0.464 e. The molecule has 0 aliphatic carbocycles. The second kappa shape index (κ2) is 7.05. The van der Waals surface area contributed by atoms with E-state index >= 15 is 0 Å². The van der Waals surface area contributed by atoms with Crippen LogP contribution >= 0.6 is 23.5 Å². The van der Waals surface area contributed by atoms with Crippen LogP contribution in [0.15, 0.2) is 35.5 Å². The molecule has 0 aliphatic rings. The normalized spacial score (nSPS) is 11.2. The van der Waals surface area contributed by atoms with Crippen LogP contribution in [0.5, 0.6) is 0 Å². The quantitative estimate of drug-likeness (QED) is 0.653. The van der Waals surface area contributed by atoms with E-state index in [1.54, 1.807) is 0 Å². The maximum absolute atomic E-state index is 12.8. The minimum atomic E-state index is -4.56. The molecule has 0 atom stereocenters. The smallest absolute Gasteiger partial charge is 0.417 e. The minimum absolute atomic E-state index is 0.0764. The fraction of sp³-hybridized carbons (Fsp3) is 0.154. The van der Waals surface area contributed by atoms with E-state index in [0.717, 1.165) is 24.1 Å². The standard InChI is InChI=1S/C13H9ClF3N3O2S/c1-22-12(21)10-11(19-5-4-18-10)20-23-7-2-3-9(14)8(6-7)13(15,16)17/h2-6H,1H3,(H,19,20). The molecular formula is C13H9ClF3N3O2S. The number of alkyl halides is 3. The van der Waals surface area contributed by atoms with Crippen LogP contribution in [0.4, 0.5) is 19.0 Å². The van der Waals surface area contributed by atoms with Crippen LogP contribution in [0, 0.1) is 0 Å². The number of rotatable bonds is 4. The van der Waals surface area contributed by atoms with Crippen LogP contribution in [-0.4, -0.2) is 23.0 Å². The summed E-state index contributed by atoms with van der Waals surface area (Å²) in [7, 11) is 1.18. The van der Waals surface area contributed by atoms with Gasteiger partial charge in [0.25, 0.3) is 0 Å². The molecule has 1 N–H and O–H groups in total. The van der Waals surface area contributed by atoms with Crippen molar-refractivity contribution in [3.63, 3.8) is 0 Å². The molecule has 0 spiro atoms. The van der Waals surface area contributed by atoms with Crippen molar-refractivity contribution in [2.75, 3.05) is 11.8 Å². The highest BCUT2D eigenvalue weighted by Crippen LogP contribution is 2.37. The summed E-state index contributed by atoms with van der Waals surface area (Å²) in [6.07, 6.45) is -1.93. The van der Waals surface area contributed by atoms with Gasteiger partial charge in [0.15, 0.2) is 11.5 Å². The number of nitrogens with zero attached hydrogens (tertiary/aromatic N) is 2. The summed E-state index contributed by atoms with van der Waals surface area (Å²) in [6.45, 7) is 0. The molecule has 23 heavy (non-hydrogen) atoms. The maximum Gasteiger partial charge on any atom is 0.417 e. The molecule has 5 nitrogen and oxygen atoms in total. The lowest BCUT2D eigenvalue weighted by atomic mass is 10.2. The molecule has 0 bridgehead atoms. The van der Waals surface area contributed by atoms with Crippen molar-refractivity contribution in [1.82, 2.24) is 9.97 Å². The van der Waals surface area contributed by atoms with E-state index in [4.69, 9.17) is 11.6 Å². The molecule has 2 rings (SSSR count). The van der Waals surface area contributed by atoms with Gasteiger partial charge in [0.2, 0.25) is 0 Å². The van der Waals surface area contributed by atoms with Crippen molar-refractivity contribution in [2.45, 2.75) is 11.1 Å². The Bertz CT molecular complexity index is 728. The monoisotopic (exact) mass is 363 g/mol. The van der Waals surface area contributed by atoms with Gasteiger partial charge in [0, 0.05) is 17.3 Å². The molecule has 0 saturated heterocycles. The van der Waals surface area contributed by atoms with Gasteiger partial charge in [-0.2, -0.15) is 13.2 Å². The van der Waals surface area contributed by atoms with Crippen LogP contribution < -0.4 is 4.72 Å². The van der Waals surface area contributed by atoms with E-state index in [-0.39, 0.29) is 16.4 Å². The summed E-state index contributed by atoms with van der Waals surface area (Å²) in [6, 6.07) is 3.45.